The number of aryl methyl sites for hydroxylation is 2. The van der Waals surface area contributed by atoms with Gasteiger partial charge in [0.2, 0.25) is 10.0 Å². The first-order chi connectivity index (χ1) is 10.5. The van der Waals surface area contributed by atoms with Crippen LogP contribution in [0.1, 0.15) is 35.6 Å². The molecule has 3 rings (SSSR count). The molecule has 0 spiro atoms. The fraction of sp³-hybridized carbons (Fsp3) is 0.294. The Morgan fingerprint density at radius 2 is 1.86 bits per heavy atom. The van der Waals surface area contributed by atoms with Crippen LogP contribution < -0.4 is 10.5 Å². The van der Waals surface area contributed by atoms with Gasteiger partial charge in [0.05, 0.1) is 4.90 Å². The summed E-state index contributed by atoms with van der Waals surface area (Å²) < 4.78 is 27.9. The quantitative estimate of drug-likeness (QED) is 0.855. The smallest absolute Gasteiger partial charge is 0.241 e. The van der Waals surface area contributed by atoms with E-state index in [9.17, 15) is 8.42 Å². The summed E-state index contributed by atoms with van der Waals surface area (Å²) in [4.78, 5) is 0.306. The Balaban J connectivity index is 1.89. The average Bonchev–Trinajstić information content (AvgIpc) is 2.47. The second-order valence-corrected chi connectivity index (χ2v) is 7.55. The van der Waals surface area contributed by atoms with Crippen molar-refractivity contribution < 1.29 is 8.42 Å². The van der Waals surface area contributed by atoms with Crippen molar-refractivity contribution in [3.8, 4) is 0 Å². The predicted molar refractivity (Wildman–Crippen MR) is 88.0 cm³/mol. The third-order valence-electron chi connectivity index (χ3n) is 4.11. The second kappa shape index (κ2) is 5.74. The number of hydrogen-bond donors (Lipinski definition) is 2. The van der Waals surface area contributed by atoms with E-state index in [1.165, 1.54) is 0 Å². The molecule has 1 aliphatic carbocycles. The molecule has 4 nitrogen and oxygen atoms in total. The third kappa shape index (κ3) is 3.00. The maximum absolute atomic E-state index is 12.6. The molecule has 0 fully saturated rings. The molecule has 116 valence electrons. The SMILES string of the molecule is Cc1ccc(S(=O)(=O)NC2CCCc3cc(N)ccc32)cc1. The minimum absolute atomic E-state index is 0.185. The van der Waals surface area contributed by atoms with Crippen LogP contribution in [0.4, 0.5) is 5.69 Å². The first-order valence-electron chi connectivity index (χ1n) is 7.43. The Morgan fingerprint density at radius 1 is 1.14 bits per heavy atom. The summed E-state index contributed by atoms with van der Waals surface area (Å²) in [5.41, 5.74) is 9.76. The Hall–Kier alpha value is -1.85. The van der Waals surface area contributed by atoms with Gasteiger partial charge >= 0.3 is 0 Å². The number of sulfonamides is 1. The number of anilines is 1. The highest BCUT2D eigenvalue weighted by Crippen LogP contribution is 2.32. The summed E-state index contributed by atoms with van der Waals surface area (Å²) >= 11 is 0. The highest BCUT2D eigenvalue weighted by atomic mass is 32.2. The lowest BCUT2D eigenvalue weighted by atomic mass is 9.88. The molecule has 0 saturated carbocycles. The number of nitrogen functional groups attached to an aromatic ring is 1. The molecule has 0 amide bonds. The molecular formula is C17H20N2O2S. The zero-order valence-electron chi connectivity index (χ0n) is 12.5. The van der Waals surface area contributed by atoms with E-state index in [0.29, 0.717) is 4.90 Å². The van der Waals surface area contributed by atoms with Crippen molar-refractivity contribution in [1.82, 2.24) is 4.72 Å². The van der Waals surface area contributed by atoms with Crippen LogP contribution in [0.15, 0.2) is 47.4 Å². The molecule has 2 aromatic carbocycles. The van der Waals surface area contributed by atoms with Gasteiger partial charge in [-0.3, -0.25) is 0 Å². The van der Waals surface area contributed by atoms with Gasteiger partial charge in [-0.1, -0.05) is 23.8 Å². The zero-order chi connectivity index (χ0) is 15.7. The van der Waals surface area contributed by atoms with E-state index in [4.69, 9.17) is 5.73 Å². The van der Waals surface area contributed by atoms with Crippen molar-refractivity contribution in [2.45, 2.75) is 37.1 Å². The number of nitrogens with two attached hydrogens (primary N) is 1. The molecule has 22 heavy (non-hydrogen) atoms. The first kappa shape index (κ1) is 15.1. The molecule has 1 unspecified atom stereocenters. The van der Waals surface area contributed by atoms with E-state index in [1.807, 2.05) is 37.3 Å². The van der Waals surface area contributed by atoms with Crippen molar-refractivity contribution in [3.63, 3.8) is 0 Å². The number of nitrogens with one attached hydrogen (secondary N) is 1. The van der Waals surface area contributed by atoms with E-state index in [2.05, 4.69) is 4.72 Å². The average molecular weight is 316 g/mol. The number of benzene rings is 2. The normalized spacial score (nSPS) is 18.0. The molecule has 0 saturated heterocycles. The Kier molecular flexibility index (Phi) is 3.93. The minimum atomic E-state index is -3.51. The van der Waals surface area contributed by atoms with Crippen LogP contribution in [0.3, 0.4) is 0 Å². The summed E-state index contributed by atoms with van der Waals surface area (Å²) in [6.07, 6.45) is 2.71. The summed E-state index contributed by atoms with van der Waals surface area (Å²) in [5, 5.41) is 0. The van der Waals surface area contributed by atoms with E-state index in [1.54, 1.807) is 12.1 Å². The molecule has 0 heterocycles. The van der Waals surface area contributed by atoms with Gasteiger partial charge in [0.25, 0.3) is 0 Å². The molecule has 0 aliphatic heterocycles. The first-order valence-corrected chi connectivity index (χ1v) is 8.91. The fourth-order valence-corrected chi connectivity index (χ4v) is 4.18. The van der Waals surface area contributed by atoms with E-state index < -0.39 is 10.0 Å². The monoisotopic (exact) mass is 316 g/mol. The predicted octanol–water partition coefficient (Wildman–Crippen LogP) is 2.93. The number of rotatable bonds is 3. The van der Waals surface area contributed by atoms with Gasteiger partial charge in [-0.05, 0) is 61.6 Å². The number of fused-ring (bicyclic) bond motifs is 1. The Bertz CT molecular complexity index is 783. The molecule has 0 bridgehead atoms. The van der Waals surface area contributed by atoms with Crippen molar-refractivity contribution in [1.29, 1.82) is 0 Å². The molecule has 2 aromatic rings. The maximum atomic E-state index is 12.6. The zero-order valence-corrected chi connectivity index (χ0v) is 13.4. The van der Waals surface area contributed by atoms with Crippen LogP contribution in [0.5, 0.6) is 0 Å². The van der Waals surface area contributed by atoms with Gasteiger partial charge in [-0.15, -0.1) is 0 Å². The van der Waals surface area contributed by atoms with Crippen molar-refractivity contribution in [2.24, 2.45) is 0 Å². The van der Waals surface area contributed by atoms with Crippen LogP contribution in [-0.4, -0.2) is 8.42 Å². The lowest BCUT2D eigenvalue weighted by molar-refractivity contribution is 0.507. The fourth-order valence-electron chi connectivity index (χ4n) is 2.93. The molecule has 0 radical (unpaired) electrons. The Labute approximate surface area is 131 Å². The summed E-state index contributed by atoms with van der Waals surface area (Å²) in [6.45, 7) is 1.94. The third-order valence-corrected chi connectivity index (χ3v) is 5.60. The van der Waals surface area contributed by atoms with E-state index >= 15 is 0 Å². The molecule has 3 N–H and O–H groups in total. The largest absolute Gasteiger partial charge is 0.399 e. The van der Waals surface area contributed by atoms with Crippen LogP contribution in [0, 0.1) is 6.92 Å². The number of hydrogen-bond acceptors (Lipinski definition) is 3. The van der Waals surface area contributed by atoms with Crippen LogP contribution in [0.2, 0.25) is 0 Å². The summed E-state index contributed by atoms with van der Waals surface area (Å²) in [7, 11) is -3.51. The minimum Gasteiger partial charge on any atom is -0.399 e. The van der Waals surface area contributed by atoms with E-state index in [0.717, 1.165) is 41.6 Å². The van der Waals surface area contributed by atoms with Crippen LogP contribution in [-0.2, 0) is 16.4 Å². The second-order valence-electron chi connectivity index (χ2n) is 5.84. The standard InChI is InChI=1S/C17H20N2O2S/c1-12-5-8-15(9-6-12)22(20,21)19-17-4-2-3-13-11-14(18)7-10-16(13)17/h5-11,17,19H,2-4,18H2,1H3. The van der Waals surface area contributed by atoms with Gasteiger partial charge in [0, 0.05) is 11.7 Å². The van der Waals surface area contributed by atoms with Gasteiger partial charge in [0.1, 0.15) is 0 Å². The van der Waals surface area contributed by atoms with Crippen molar-refractivity contribution >= 4 is 15.7 Å². The molecular weight excluding hydrogens is 296 g/mol. The van der Waals surface area contributed by atoms with Crippen LogP contribution >= 0.6 is 0 Å². The van der Waals surface area contributed by atoms with Crippen LogP contribution in [0.25, 0.3) is 0 Å². The highest BCUT2D eigenvalue weighted by Gasteiger charge is 2.25. The van der Waals surface area contributed by atoms with Gasteiger partial charge < -0.3 is 5.73 Å². The summed E-state index contributed by atoms with van der Waals surface area (Å²) in [5.74, 6) is 0. The molecule has 1 aliphatic rings. The topological polar surface area (TPSA) is 72.2 Å². The molecule has 0 aromatic heterocycles. The Morgan fingerprint density at radius 3 is 2.59 bits per heavy atom. The lowest BCUT2D eigenvalue weighted by Crippen LogP contribution is -2.31. The van der Waals surface area contributed by atoms with Crippen molar-refractivity contribution in [3.05, 3.63) is 59.2 Å². The molecule has 5 heteroatoms. The lowest BCUT2D eigenvalue weighted by Gasteiger charge is -2.26. The molecule has 1 atom stereocenters. The maximum Gasteiger partial charge on any atom is 0.241 e. The van der Waals surface area contributed by atoms with Crippen molar-refractivity contribution in [2.75, 3.05) is 5.73 Å². The van der Waals surface area contributed by atoms with Gasteiger partial charge in [0.15, 0.2) is 0 Å². The van der Waals surface area contributed by atoms with Gasteiger partial charge in [-0.25, -0.2) is 13.1 Å². The highest BCUT2D eigenvalue weighted by molar-refractivity contribution is 7.89. The summed E-state index contributed by atoms with van der Waals surface area (Å²) in [6, 6.07) is 12.4. The van der Waals surface area contributed by atoms with E-state index in [-0.39, 0.29) is 6.04 Å². The van der Waals surface area contributed by atoms with Gasteiger partial charge in [-0.2, -0.15) is 0 Å².